The summed E-state index contributed by atoms with van der Waals surface area (Å²) >= 11 is 3.51. The number of anilines is 1. The second-order valence-electron chi connectivity index (χ2n) is 4.73. The van der Waals surface area contributed by atoms with Gasteiger partial charge in [-0.2, -0.15) is 0 Å². The molecule has 0 spiro atoms. The molecule has 0 saturated carbocycles. The minimum atomic E-state index is 0.120. The molecule has 1 fully saturated rings. The summed E-state index contributed by atoms with van der Waals surface area (Å²) in [6.07, 6.45) is 0.591. The Labute approximate surface area is 122 Å². The minimum absolute atomic E-state index is 0.120. The zero-order valence-corrected chi connectivity index (χ0v) is 12.8. The maximum Gasteiger partial charge on any atom is 0.221 e. The van der Waals surface area contributed by atoms with Crippen molar-refractivity contribution in [2.24, 2.45) is 0 Å². The molecule has 1 N–H and O–H groups in total. The molecule has 0 unspecified atom stereocenters. The predicted octanol–water partition coefficient (Wildman–Crippen LogP) is 1.71. The second-order valence-corrected chi connectivity index (χ2v) is 5.65. The molecule has 0 radical (unpaired) electrons. The summed E-state index contributed by atoms with van der Waals surface area (Å²) in [6.45, 7) is 4.92. The van der Waals surface area contributed by atoms with Crippen LogP contribution in [0.1, 0.15) is 6.42 Å². The Morgan fingerprint density at radius 2 is 2.05 bits per heavy atom. The quantitative estimate of drug-likeness (QED) is 0.915. The highest BCUT2D eigenvalue weighted by molar-refractivity contribution is 9.10. The predicted molar refractivity (Wildman–Crippen MR) is 81.5 cm³/mol. The molecule has 19 heavy (non-hydrogen) atoms. The third kappa shape index (κ3) is 4.21. The van der Waals surface area contributed by atoms with Crippen molar-refractivity contribution < 1.29 is 4.79 Å². The van der Waals surface area contributed by atoms with Crippen molar-refractivity contribution in [3.8, 4) is 0 Å². The molecule has 1 aromatic carbocycles. The fraction of sp³-hybridized carbons (Fsp3) is 0.500. The molecule has 0 aliphatic carbocycles. The summed E-state index contributed by atoms with van der Waals surface area (Å²) < 4.78 is 1.12. The maximum absolute atomic E-state index is 11.2. The van der Waals surface area contributed by atoms with Crippen LogP contribution in [0, 0.1) is 0 Å². The summed E-state index contributed by atoms with van der Waals surface area (Å²) in [5.74, 6) is 0.120. The van der Waals surface area contributed by atoms with E-state index in [9.17, 15) is 4.79 Å². The van der Waals surface area contributed by atoms with Crippen LogP contribution < -0.4 is 10.2 Å². The van der Waals surface area contributed by atoms with Crippen LogP contribution in [0.15, 0.2) is 28.7 Å². The lowest BCUT2D eigenvalue weighted by Crippen LogP contribution is -2.47. The Bertz CT molecular complexity index is 430. The van der Waals surface area contributed by atoms with Crippen molar-refractivity contribution in [2.45, 2.75) is 6.42 Å². The average molecular weight is 326 g/mol. The van der Waals surface area contributed by atoms with Crippen LogP contribution in [0.5, 0.6) is 0 Å². The Kier molecular flexibility index (Phi) is 5.22. The van der Waals surface area contributed by atoms with Crippen molar-refractivity contribution >= 4 is 27.5 Å². The van der Waals surface area contributed by atoms with E-state index in [2.05, 4.69) is 49.2 Å². The number of amides is 1. The number of piperazine rings is 1. The maximum atomic E-state index is 11.2. The van der Waals surface area contributed by atoms with Gasteiger partial charge in [0.2, 0.25) is 5.91 Å². The molecule has 1 saturated heterocycles. The number of carbonyl (C=O) groups is 1. The lowest BCUT2D eigenvalue weighted by molar-refractivity contribution is -0.120. The molecule has 0 aromatic heterocycles. The van der Waals surface area contributed by atoms with Crippen molar-refractivity contribution in [3.63, 3.8) is 0 Å². The first kappa shape index (κ1) is 14.3. The SMILES string of the molecule is CNC(=O)CCN1CCN(c2cccc(Br)c2)CC1. The first-order valence-electron chi connectivity index (χ1n) is 6.62. The fourth-order valence-electron chi connectivity index (χ4n) is 2.29. The molecule has 4 nitrogen and oxygen atoms in total. The Morgan fingerprint density at radius 3 is 2.68 bits per heavy atom. The lowest BCUT2D eigenvalue weighted by Gasteiger charge is -2.36. The zero-order chi connectivity index (χ0) is 13.7. The standard InChI is InChI=1S/C14H20BrN3O/c1-16-14(19)5-6-17-7-9-18(10-8-17)13-4-2-3-12(15)11-13/h2-4,11H,5-10H2,1H3,(H,16,19). The van der Waals surface area contributed by atoms with Crippen molar-refractivity contribution in [3.05, 3.63) is 28.7 Å². The number of hydrogen-bond acceptors (Lipinski definition) is 3. The topological polar surface area (TPSA) is 35.6 Å². The molecule has 1 amide bonds. The summed E-state index contributed by atoms with van der Waals surface area (Å²) in [5.41, 5.74) is 1.26. The molecule has 0 atom stereocenters. The molecule has 1 aliphatic rings. The highest BCUT2D eigenvalue weighted by atomic mass is 79.9. The van der Waals surface area contributed by atoms with Gasteiger partial charge in [0.05, 0.1) is 0 Å². The number of hydrogen-bond donors (Lipinski definition) is 1. The molecule has 1 aliphatic heterocycles. The van der Waals surface area contributed by atoms with E-state index in [1.54, 1.807) is 7.05 Å². The summed E-state index contributed by atoms with van der Waals surface area (Å²) in [6, 6.07) is 8.41. The number of benzene rings is 1. The lowest BCUT2D eigenvalue weighted by atomic mass is 10.2. The zero-order valence-electron chi connectivity index (χ0n) is 11.2. The van der Waals surface area contributed by atoms with Crippen LogP contribution in [-0.2, 0) is 4.79 Å². The molecule has 2 rings (SSSR count). The number of carbonyl (C=O) groups excluding carboxylic acids is 1. The first-order chi connectivity index (χ1) is 9.19. The van der Waals surface area contributed by atoms with Gasteiger partial charge in [-0.25, -0.2) is 0 Å². The van der Waals surface area contributed by atoms with E-state index in [0.717, 1.165) is 37.2 Å². The monoisotopic (exact) mass is 325 g/mol. The van der Waals surface area contributed by atoms with Crippen molar-refractivity contribution in [1.29, 1.82) is 0 Å². The van der Waals surface area contributed by atoms with Gasteiger partial charge in [-0.05, 0) is 18.2 Å². The number of nitrogens with one attached hydrogen (secondary N) is 1. The van der Waals surface area contributed by atoms with Gasteiger partial charge in [0.25, 0.3) is 0 Å². The van der Waals surface area contributed by atoms with Gasteiger partial charge in [0.15, 0.2) is 0 Å². The molecule has 104 valence electrons. The van der Waals surface area contributed by atoms with Gasteiger partial charge in [-0.15, -0.1) is 0 Å². The fourth-order valence-corrected chi connectivity index (χ4v) is 2.67. The third-order valence-corrected chi connectivity index (χ3v) is 3.97. The van der Waals surface area contributed by atoms with Crippen LogP contribution in [0.25, 0.3) is 0 Å². The average Bonchev–Trinajstić information content (AvgIpc) is 2.45. The summed E-state index contributed by atoms with van der Waals surface area (Å²) in [4.78, 5) is 16.0. The summed E-state index contributed by atoms with van der Waals surface area (Å²) in [5, 5.41) is 2.66. The third-order valence-electron chi connectivity index (χ3n) is 3.48. The normalized spacial score (nSPS) is 16.4. The van der Waals surface area contributed by atoms with Crippen LogP contribution in [0.2, 0.25) is 0 Å². The minimum Gasteiger partial charge on any atom is -0.369 e. The number of rotatable bonds is 4. The Morgan fingerprint density at radius 1 is 1.32 bits per heavy atom. The van der Waals surface area contributed by atoms with Crippen LogP contribution in [-0.4, -0.2) is 50.6 Å². The van der Waals surface area contributed by atoms with E-state index in [1.807, 2.05) is 6.07 Å². The smallest absolute Gasteiger partial charge is 0.221 e. The Hall–Kier alpha value is -1.07. The molecule has 1 heterocycles. The van der Waals surface area contributed by atoms with Crippen LogP contribution in [0.4, 0.5) is 5.69 Å². The van der Waals surface area contributed by atoms with Gasteiger partial charge < -0.3 is 10.2 Å². The molecular weight excluding hydrogens is 306 g/mol. The van der Waals surface area contributed by atoms with E-state index in [1.165, 1.54) is 5.69 Å². The molecule has 5 heteroatoms. The van der Waals surface area contributed by atoms with E-state index in [4.69, 9.17) is 0 Å². The first-order valence-corrected chi connectivity index (χ1v) is 7.42. The van der Waals surface area contributed by atoms with E-state index < -0.39 is 0 Å². The second kappa shape index (κ2) is 6.91. The van der Waals surface area contributed by atoms with Crippen LogP contribution in [0.3, 0.4) is 0 Å². The van der Waals surface area contributed by atoms with Crippen LogP contribution >= 0.6 is 15.9 Å². The van der Waals surface area contributed by atoms with E-state index >= 15 is 0 Å². The molecular formula is C14H20BrN3O. The van der Waals surface area contributed by atoms with E-state index in [0.29, 0.717) is 6.42 Å². The van der Waals surface area contributed by atoms with Gasteiger partial charge in [0, 0.05) is 56.4 Å². The Balaban J connectivity index is 1.81. The van der Waals surface area contributed by atoms with Gasteiger partial charge in [-0.1, -0.05) is 22.0 Å². The largest absolute Gasteiger partial charge is 0.369 e. The van der Waals surface area contributed by atoms with Crippen molar-refractivity contribution in [1.82, 2.24) is 10.2 Å². The molecule has 1 aromatic rings. The highest BCUT2D eigenvalue weighted by Crippen LogP contribution is 2.21. The van der Waals surface area contributed by atoms with Gasteiger partial charge in [-0.3, -0.25) is 9.69 Å². The van der Waals surface area contributed by atoms with Gasteiger partial charge in [0.1, 0.15) is 0 Å². The van der Waals surface area contributed by atoms with Crippen molar-refractivity contribution in [2.75, 3.05) is 44.7 Å². The van der Waals surface area contributed by atoms with Gasteiger partial charge >= 0.3 is 0 Å². The number of nitrogens with zero attached hydrogens (tertiary/aromatic N) is 2. The highest BCUT2D eigenvalue weighted by Gasteiger charge is 2.17. The van der Waals surface area contributed by atoms with E-state index in [-0.39, 0.29) is 5.91 Å². The molecule has 0 bridgehead atoms. The summed E-state index contributed by atoms with van der Waals surface area (Å²) in [7, 11) is 1.69. The number of halogens is 1.